The lowest BCUT2D eigenvalue weighted by molar-refractivity contribution is 0.943. The molecule has 0 spiro atoms. The zero-order valence-corrected chi connectivity index (χ0v) is 9.97. The van der Waals surface area contributed by atoms with Crippen LogP contribution in [0.1, 0.15) is 33.0 Å². The Morgan fingerprint density at radius 3 is 3.06 bits per heavy atom. The lowest BCUT2D eigenvalue weighted by atomic mass is 9.80. The van der Waals surface area contributed by atoms with E-state index in [0.717, 1.165) is 6.42 Å². The van der Waals surface area contributed by atoms with Gasteiger partial charge in [0.05, 0.1) is 5.92 Å². The average Bonchev–Trinajstić information content (AvgIpc) is 2.74. The van der Waals surface area contributed by atoms with Crippen molar-refractivity contribution in [1.82, 2.24) is 0 Å². The molecule has 1 heterocycles. The van der Waals surface area contributed by atoms with Gasteiger partial charge in [0.25, 0.3) is 0 Å². The molecule has 0 nitrogen and oxygen atoms in total. The van der Waals surface area contributed by atoms with Crippen LogP contribution in [-0.2, 0) is 6.42 Å². The fourth-order valence-electron chi connectivity index (χ4n) is 2.56. The predicted molar refractivity (Wildman–Crippen MR) is 69.0 cm³/mol. The predicted octanol–water partition coefficient (Wildman–Crippen LogP) is 3.73. The first-order chi connectivity index (χ1) is 7.81. The molecule has 0 radical (unpaired) electrons. The third-order valence-electron chi connectivity index (χ3n) is 3.31. The van der Waals surface area contributed by atoms with Gasteiger partial charge in [0.15, 0.2) is 0 Å². The third-order valence-corrected chi connectivity index (χ3v) is 4.25. The minimum absolute atomic E-state index is 0.159. The van der Waals surface area contributed by atoms with Crippen molar-refractivity contribution in [2.45, 2.75) is 19.3 Å². The van der Waals surface area contributed by atoms with Gasteiger partial charge in [0.2, 0.25) is 0 Å². The molecule has 1 heteroatoms. The van der Waals surface area contributed by atoms with Crippen LogP contribution in [0.25, 0.3) is 0 Å². The highest BCUT2D eigenvalue weighted by Gasteiger charge is 2.25. The molecule has 78 valence electrons. The molecular weight excluding hydrogens is 212 g/mol. The Kier molecular flexibility index (Phi) is 2.12. The quantitative estimate of drug-likeness (QED) is 0.598. The SMILES string of the molecule is C#C[C@H]1c2ccsc2Cc2cccc(C)c21. The number of fused-ring (bicyclic) bond motifs is 2. The molecular formula is C15H12S. The average molecular weight is 224 g/mol. The van der Waals surface area contributed by atoms with E-state index in [4.69, 9.17) is 6.42 Å². The first-order valence-electron chi connectivity index (χ1n) is 5.42. The van der Waals surface area contributed by atoms with E-state index in [1.807, 2.05) is 11.3 Å². The first-order valence-corrected chi connectivity index (χ1v) is 6.30. The number of rotatable bonds is 0. The highest BCUT2D eigenvalue weighted by atomic mass is 32.1. The number of terminal acetylenes is 1. The fraction of sp³-hybridized carbons (Fsp3) is 0.200. The first kappa shape index (κ1) is 9.69. The van der Waals surface area contributed by atoms with E-state index in [1.54, 1.807) is 0 Å². The summed E-state index contributed by atoms with van der Waals surface area (Å²) >= 11 is 1.82. The van der Waals surface area contributed by atoms with E-state index in [1.165, 1.54) is 27.1 Å². The summed E-state index contributed by atoms with van der Waals surface area (Å²) in [6.07, 6.45) is 6.76. The standard InChI is InChI=1S/C15H12S/c1-3-12-13-7-8-16-14(13)9-11-6-4-5-10(2)15(11)12/h1,4-8,12H,9H2,2H3/t12-/m0/s1. The maximum atomic E-state index is 5.72. The van der Waals surface area contributed by atoms with E-state index in [9.17, 15) is 0 Å². The van der Waals surface area contributed by atoms with E-state index >= 15 is 0 Å². The topological polar surface area (TPSA) is 0 Å². The molecule has 1 aliphatic rings. The highest BCUT2D eigenvalue weighted by molar-refractivity contribution is 7.10. The van der Waals surface area contributed by atoms with Crippen LogP contribution < -0.4 is 0 Å². The number of aryl methyl sites for hydroxylation is 1. The number of hydrogen-bond donors (Lipinski definition) is 0. The Morgan fingerprint density at radius 1 is 1.38 bits per heavy atom. The maximum Gasteiger partial charge on any atom is 0.0715 e. The summed E-state index contributed by atoms with van der Waals surface area (Å²) in [6, 6.07) is 8.66. The molecule has 1 aliphatic carbocycles. The van der Waals surface area contributed by atoms with Crippen LogP contribution in [0.5, 0.6) is 0 Å². The van der Waals surface area contributed by atoms with Crippen molar-refractivity contribution in [1.29, 1.82) is 0 Å². The number of thiophene rings is 1. The monoisotopic (exact) mass is 224 g/mol. The van der Waals surface area contributed by atoms with Crippen molar-refractivity contribution in [3.05, 3.63) is 56.8 Å². The zero-order chi connectivity index (χ0) is 11.1. The van der Waals surface area contributed by atoms with Gasteiger partial charge in [-0.3, -0.25) is 0 Å². The van der Waals surface area contributed by atoms with Crippen LogP contribution in [-0.4, -0.2) is 0 Å². The van der Waals surface area contributed by atoms with Crippen molar-refractivity contribution in [3.8, 4) is 12.3 Å². The Hall–Kier alpha value is -1.52. The zero-order valence-electron chi connectivity index (χ0n) is 9.16. The van der Waals surface area contributed by atoms with Crippen LogP contribution >= 0.6 is 11.3 Å². The molecule has 0 fully saturated rings. The molecule has 0 aliphatic heterocycles. The summed E-state index contributed by atoms with van der Waals surface area (Å²) in [6.45, 7) is 2.15. The molecule has 1 atom stereocenters. The van der Waals surface area contributed by atoms with Gasteiger partial charge in [-0.15, -0.1) is 17.8 Å². The Morgan fingerprint density at radius 2 is 2.25 bits per heavy atom. The molecule has 1 aromatic carbocycles. The summed E-state index contributed by atoms with van der Waals surface area (Å²) in [4.78, 5) is 1.43. The van der Waals surface area contributed by atoms with Gasteiger partial charge in [-0.1, -0.05) is 24.1 Å². The van der Waals surface area contributed by atoms with Crippen LogP contribution in [0, 0.1) is 19.3 Å². The molecule has 0 N–H and O–H groups in total. The van der Waals surface area contributed by atoms with Gasteiger partial charge in [0, 0.05) is 11.3 Å². The van der Waals surface area contributed by atoms with Gasteiger partial charge in [-0.25, -0.2) is 0 Å². The molecule has 0 saturated carbocycles. The molecule has 0 amide bonds. The van der Waals surface area contributed by atoms with Gasteiger partial charge in [-0.2, -0.15) is 0 Å². The van der Waals surface area contributed by atoms with Crippen molar-refractivity contribution in [2.75, 3.05) is 0 Å². The molecule has 0 bridgehead atoms. The minimum Gasteiger partial charge on any atom is -0.148 e. The van der Waals surface area contributed by atoms with Crippen LogP contribution in [0.2, 0.25) is 0 Å². The Bertz CT molecular complexity index is 584. The van der Waals surface area contributed by atoms with Crippen LogP contribution in [0.4, 0.5) is 0 Å². The minimum atomic E-state index is 0.159. The molecule has 16 heavy (non-hydrogen) atoms. The van der Waals surface area contributed by atoms with Crippen LogP contribution in [0.15, 0.2) is 29.6 Å². The maximum absolute atomic E-state index is 5.72. The molecule has 3 rings (SSSR count). The number of hydrogen-bond acceptors (Lipinski definition) is 1. The molecule has 0 saturated heterocycles. The molecule has 1 aromatic heterocycles. The van der Waals surface area contributed by atoms with Crippen molar-refractivity contribution >= 4 is 11.3 Å². The van der Waals surface area contributed by atoms with Crippen molar-refractivity contribution in [2.24, 2.45) is 0 Å². The van der Waals surface area contributed by atoms with E-state index in [0.29, 0.717) is 0 Å². The third kappa shape index (κ3) is 1.24. The van der Waals surface area contributed by atoms with Crippen LogP contribution in [0.3, 0.4) is 0 Å². The van der Waals surface area contributed by atoms with Gasteiger partial charge < -0.3 is 0 Å². The smallest absolute Gasteiger partial charge is 0.0715 e. The number of benzene rings is 1. The Balaban J connectivity index is 2.28. The lowest BCUT2D eigenvalue weighted by Crippen LogP contribution is -2.11. The van der Waals surface area contributed by atoms with Gasteiger partial charge in [0.1, 0.15) is 0 Å². The summed E-state index contributed by atoms with van der Waals surface area (Å²) < 4.78 is 0. The van der Waals surface area contributed by atoms with Gasteiger partial charge >= 0.3 is 0 Å². The summed E-state index contributed by atoms with van der Waals surface area (Å²) in [5.41, 5.74) is 5.42. The lowest BCUT2D eigenvalue weighted by Gasteiger charge is -2.24. The summed E-state index contributed by atoms with van der Waals surface area (Å²) in [5.74, 6) is 3.11. The second kappa shape index (κ2) is 3.50. The van der Waals surface area contributed by atoms with Crippen molar-refractivity contribution in [3.63, 3.8) is 0 Å². The molecule has 2 aromatic rings. The highest BCUT2D eigenvalue weighted by Crippen LogP contribution is 2.40. The second-order valence-corrected chi connectivity index (χ2v) is 5.22. The van der Waals surface area contributed by atoms with E-state index in [2.05, 4.69) is 42.5 Å². The Labute approximate surface area is 99.9 Å². The largest absolute Gasteiger partial charge is 0.148 e. The van der Waals surface area contributed by atoms with Crippen molar-refractivity contribution < 1.29 is 0 Å². The van der Waals surface area contributed by atoms with E-state index < -0.39 is 0 Å². The van der Waals surface area contributed by atoms with Gasteiger partial charge in [-0.05, 0) is 40.6 Å². The fourth-order valence-corrected chi connectivity index (χ4v) is 3.50. The summed E-state index contributed by atoms with van der Waals surface area (Å²) in [5, 5.41) is 2.15. The van der Waals surface area contributed by atoms with E-state index in [-0.39, 0.29) is 5.92 Å². The second-order valence-electron chi connectivity index (χ2n) is 4.22. The molecule has 0 unspecified atom stereocenters. The normalized spacial score (nSPS) is 17.4. The summed E-state index contributed by atoms with van der Waals surface area (Å²) in [7, 11) is 0.